The number of esters is 1. The summed E-state index contributed by atoms with van der Waals surface area (Å²) in [6.45, 7) is 0. The van der Waals surface area contributed by atoms with Gasteiger partial charge < -0.3 is 4.74 Å². The van der Waals surface area contributed by atoms with Gasteiger partial charge in [0.15, 0.2) is 0 Å². The van der Waals surface area contributed by atoms with Crippen molar-refractivity contribution < 1.29 is 9.53 Å². The monoisotopic (exact) mass is 410 g/mol. The Kier molecular flexibility index (Phi) is 6.37. The number of hydrogen-bond donors (Lipinski definition) is 0. The summed E-state index contributed by atoms with van der Waals surface area (Å²) in [6, 6.07) is 37.5. The standard InChI is InChI=1S/C27H23O2P/c1-29-27(28)24-18-21(17-23(19-24)22-11-5-2-6-12-22)20-30(25-13-7-3-8-14-25)26-15-9-4-10-16-26/h2-19H,20H2,1H3. The van der Waals surface area contributed by atoms with Crippen LogP contribution in [0.4, 0.5) is 0 Å². The molecule has 0 N–H and O–H groups in total. The molecule has 0 radical (unpaired) electrons. The van der Waals surface area contributed by atoms with Gasteiger partial charge >= 0.3 is 5.97 Å². The van der Waals surface area contributed by atoms with Gasteiger partial charge in [-0.15, -0.1) is 0 Å². The Hall–Kier alpha value is -3.22. The SMILES string of the molecule is COC(=O)c1cc(CP(c2ccccc2)c2ccccc2)cc(-c2ccccc2)c1. The van der Waals surface area contributed by atoms with Crippen LogP contribution >= 0.6 is 7.92 Å². The smallest absolute Gasteiger partial charge is 0.337 e. The van der Waals surface area contributed by atoms with Crippen LogP contribution in [0.2, 0.25) is 0 Å². The van der Waals surface area contributed by atoms with E-state index in [4.69, 9.17) is 4.74 Å². The molecule has 0 aliphatic carbocycles. The average Bonchev–Trinajstić information content (AvgIpc) is 2.83. The molecule has 0 aromatic heterocycles. The van der Waals surface area contributed by atoms with E-state index in [0.717, 1.165) is 22.9 Å². The lowest BCUT2D eigenvalue weighted by Gasteiger charge is -2.20. The molecule has 0 amide bonds. The van der Waals surface area contributed by atoms with Crippen LogP contribution in [-0.2, 0) is 10.9 Å². The van der Waals surface area contributed by atoms with Crippen LogP contribution in [0.1, 0.15) is 15.9 Å². The molecule has 0 bridgehead atoms. The fourth-order valence-electron chi connectivity index (χ4n) is 3.55. The normalized spacial score (nSPS) is 10.7. The van der Waals surface area contributed by atoms with Crippen molar-refractivity contribution in [2.45, 2.75) is 6.16 Å². The second-order valence-electron chi connectivity index (χ2n) is 7.03. The summed E-state index contributed by atoms with van der Waals surface area (Å²) in [5.41, 5.74) is 3.85. The first-order valence-corrected chi connectivity index (χ1v) is 11.4. The molecule has 148 valence electrons. The number of carbonyl (C=O) groups is 1. The molecular formula is C27H23O2P. The van der Waals surface area contributed by atoms with Crippen LogP contribution < -0.4 is 10.6 Å². The zero-order valence-corrected chi connectivity index (χ0v) is 17.8. The minimum atomic E-state index is -0.596. The zero-order chi connectivity index (χ0) is 20.8. The van der Waals surface area contributed by atoms with Crippen molar-refractivity contribution in [1.29, 1.82) is 0 Å². The van der Waals surface area contributed by atoms with Crippen molar-refractivity contribution in [1.82, 2.24) is 0 Å². The van der Waals surface area contributed by atoms with E-state index in [2.05, 4.69) is 66.7 Å². The Balaban J connectivity index is 1.78. The highest BCUT2D eigenvalue weighted by Gasteiger charge is 2.17. The van der Waals surface area contributed by atoms with Crippen molar-refractivity contribution >= 4 is 24.5 Å². The Morgan fingerprint density at radius 1 is 0.700 bits per heavy atom. The summed E-state index contributed by atoms with van der Waals surface area (Å²) in [6.07, 6.45) is 0.855. The van der Waals surface area contributed by atoms with Crippen LogP contribution in [0, 0.1) is 0 Å². The van der Waals surface area contributed by atoms with E-state index < -0.39 is 7.92 Å². The van der Waals surface area contributed by atoms with Crippen LogP contribution in [0.3, 0.4) is 0 Å². The van der Waals surface area contributed by atoms with E-state index in [0.29, 0.717) is 5.56 Å². The molecule has 0 heterocycles. The van der Waals surface area contributed by atoms with E-state index >= 15 is 0 Å². The van der Waals surface area contributed by atoms with Crippen molar-refractivity contribution in [3.05, 3.63) is 120 Å². The second kappa shape index (κ2) is 9.52. The molecule has 30 heavy (non-hydrogen) atoms. The Bertz CT molecular complexity index is 1070. The minimum Gasteiger partial charge on any atom is -0.465 e. The predicted molar refractivity (Wildman–Crippen MR) is 126 cm³/mol. The number of carbonyl (C=O) groups excluding carboxylic acids is 1. The lowest BCUT2D eigenvalue weighted by molar-refractivity contribution is 0.0600. The van der Waals surface area contributed by atoms with Gasteiger partial charge in [0, 0.05) is 6.16 Å². The van der Waals surface area contributed by atoms with Gasteiger partial charge in [-0.25, -0.2) is 4.79 Å². The Morgan fingerprint density at radius 2 is 1.23 bits per heavy atom. The maximum absolute atomic E-state index is 12.4. The van der Waals surface area contributed by atoms with Gasteiger partial charge in [-0.1, -0.05) is 97.1 Å². The van der Waals surface area contributed by atoms with Crippen molar-refractivity contribution in [3.8, 4) is 11.1 Å². The second-order valence-corrected chi connectivity index (χ2v) is 9.24. The predicted octanol–water partition coefficient (Wildman–Crippen LogP) is 5.77. The number of ether oxygens (including phenoxy) is 1. The molecule has 2 nitrogen and oxygen atoms in total. The van der Waals surface area contributed by atoms with Crippen LogP contribution in [0.15, 0.2) is 109 Å². The maximum Gasteiger partial charge on any atom is 0.337 e. The van der Waals surface area contributed by atoms with E-state index in [1.165, 1.54) is 17.7 Å². The minimum absolute atomic E-state index is 0.308. The third kappa shape index (κ3) is 4.67. The quantitative estimate of drug-likeness (QED) is 0.298. The number of benzene rings is 4. The molecule has 0 saturated heterocycles. The third-order valence-corrected chi connectivity index (χ3v) is 7.52. The van der Waals surface area contributed by atoms with Gasteiger partial charge in [0.25, 0.3) is 0 Å². The molecule has 0 saturated carbocycles. The van der Waals surface area contributed by atoms with Gasteiger partial charge in [0.05, 0.1) is 12.7 Å². The number of rotatable bonds is 6. The molecular weight excluding hydrogens is 387 g/mol. The molecule has 0 aliphatic rings. The highest BCUT2D eigenvalue weighted by Crippen LogP contribution is 2.39. The largest absolute Gasteiger partial charge is 0.465 e. The zero-order valence-electron chi connectivity index (χ0n) is 16.9. The van der Waals surface area contributed by atoms with E-state index in [1.54, 1.807) is 0 Å². The molecule has 0 aliphatic heterocycles. The Labute approximate surface area is 178 Å². The fourth-order valence-corrected chi connectivity index (χ4v) is 5.82. The molecule has 4 aromatic carbocycles. The van der Waals surface area contributed by atoms with E-state index in [9.17, 15) is 4.79 Å². The molecule has 3 heteroatoms. The lowest BCUT2D eigenvalue weighted by atomic mass is 10.0. The van der Waals surface area contributed by atoms with Gasteiger partial charge in [-0.2, -0.15) is 0 Å². The highest BCUT2D eigenvalue weighted by atomic mass is 31.1. The van der Waals surface area contributed by atoms with Crippen LogP contribution in [0.5, 0.6) is 0 Å². The first-order chi connectivity index (χ1) is 14.7. The van der Waals surface area contributed by atoms with Crippen molar-refractivity contribution in [2.75, 3.05) is 7.11 Å². The molecule has 0 fully saturated rings. The summed E-state index contributed by atoms with van der Waals surface area (Å²) in [7, 11) is 0.832. The topological polar surface area (TPSA) is 26.3 Å². The summed E-state index contributed by atoms with van der Waals surface area (Å²) in [4.78, 5) is 12.4. The average molecular weight is 410 g/mol. The van der Waals surface area contributed by atoms with Gasteiger partial charge in [-0.05, 0) is 47.4 Å². The van der Waals surface area contributed by atoms with Crippen LogP contribution in [0.25, 0.3) is 11.1 Å². The number of hydrogen-bond acceptors (Lipinski definition) is 2. The van der Waals surface area contributed by atoms with E-state index in [-0.39, 0.29) is 5.97 Å². The molecule has 0 atom stereocenters. The first-order valence-electron chi connectivity index (χ1n) is 9.90. The van der Waals surface area contributed by atoms with Crippen molar-refractivity contribution in [2.24, 2.45) is 0 Å². The van der Waals surface area contributed by atoms with Gasteiger partial charge in [-0.3, -0.25) is 0 Å². The summed E-state index contributed by atoms with van der Waals surface area (Å²) in [5, 5.41) is 2.65. The summed E-state index contributed by atoms with van der Waals surface area (Å²) >= 11 is 0. The fraction of sp³-hybridized carbons (Fsp3) is 0.0741. The molecule has 0 unspecified atom stereocenters. The first kappa shape index (κ1) is 20.1. The lowest BCUT2D eigenvalue weighted by Crippen LogP contribution is -2.13. The third-order valence-electron chi connectivity index (χ3n) is 5.00. The molecule has 0 spiro atoms. The molecule has 4 rings (SSSR count). The van der Waals surface area contributed by atoms with Crippen molar-refractivity contribution in [3.63, 3.8) is 0 Å². The van der Waals surface area contributed by atoms with Gasteiger partial charge in [0.1, 0.15) is 0 Å². The van der Waals surface area contributed by atoms with Gasteiger partial charge in [0.2, 0.25) is 0 Å². The number of methoxy groups -OCH3 is 1. The van der Waals surface area contributed by atoms with Crippen LogP contribution in [-0.4, -0.2) is 13.1 Å². The van der Waals surface area contributed by atoms with E-state index in [1.807, 2.05) is 42.5 Å². The maximum atomic E-state index is 12.4. The molecule has 4 aromatic rings. The summed E-state index contributed by atoms with van der Waals surface area (Å²) in [5.74, 6) is -0.308. The highest BCUT2D eigenvalue weighted by molar-refractivity contribution is 7.72. The summed E-state index contributed by atoms with van der Waals surface area (Å²) < 4.78 is 5.02. The Morgan fingerprint density at radius 3 is 1.77 bits per heavy atom.